The lowest BCUT2D eigenvalue weighted by atomic mass is 9.86. The summed E-state index contributed by atoms with van der Waals surface area (Å²) in [5.74, 6) is 3.50. The van der Waals surface area contributed by atoms with Crippen molar-refractivity contribution in [2.45, 2.75) is 56.7 Å². The molecule has 1 N–H and O–H groups in total. The maximum absolute atomic E-state index is 11.3. The maximum Gasteiger partial charge on any atom is 0.146 e. The van der Waals surface area contributed by atoms with E-state index in [1.807, 2.05) is 31.2 Å². The van der Waals surface area contributed by atoms with Crippen molar-refractivity contribution < 1.29 is 9.84 Å². The molecule has 0 unspecified atom stereocenters. The average Bonchev–Trinajstić information content (AvgIpc) is 3.26. The number of likely N-dealkylation sites (tertiary alicyclic amines) is 1. The van der Waals surface area contributed by atoms with Crippen LogP contribution in [0.3, 0.4) is 0 Å². The summed E-state index contributed by atoms with van der Waals surface area (Å²) < 4.78 is 7.39. The predicted molar refractivity (Wildman–Crippen MR) is 99.0 cm³/mol. The molecular weight excluding hydrogens is 328 g/mol. The zero-order chi connectivity index (χ0) is 18.3. The molecule has 2 fully saturated rings. The summed E-state index contributed by atoms with van der Waals surface area (Å²) in [7, 11) is 3.72. The Morgan fingerprint density at radius 1 is 1.19 bits per heavy atom. The molecule has 4 rings (SSSR count). The van der Waals surface area contributed by atoms with Gasteiger partial charge in [0.2, 0.25) is 0 Å². The van der Waals surface area contributed by atoms with Gasteiger partial charge in [0, 0.05) is 19.0 Å². The van der Waals surface area contributed by atoms with Crippen molar-refractivity contribution in [3.8, 4) is 5.75 Å². The lowest BCUT2D eigenvalue weighted by molar-refractivity contribution is -0.0263. The molecule has 1 aliphatic heterocycles. The molecule has 0 amide bonds. The van der Waals surface area contributed by atoms with Gasteiger partial charge in [-0.2, -0.15) is 0 Å². The second-order valence-electron chi connectivity index (χ2n) is 7.81. The zero-order valence-corrected chi connectivity index (χ0v) is 15.9. The highest BCUT2D eigenvalue weighted by Crippen LogP contribution is 2.39. The van der Waals surface area contributed by atoms with Crippen LogP contribution in [0.2, 0.25) is 0 Å². The first-order valence-electron chi connectivity index (χ1n) is 9.50. The van der Waals surface area contributed by atoms with Crippen LogP contribution in [0.1, 0.15) is 55.7 Å². The third-order valence-corrected chi connectivity index (χ3v) is 5.97. The second kappa shape index (κ2) is 6.67. The standard InChI is InChI=1S/C20H28N4O2/c1-20(25,15-8-10-16(26-3)11-9-15)17-5-4-12-24(17)13-18-21-22-19(23(18)2)14-6-7-14/h8-11,14,17,25H,4-7,12-13H2,1-3H3/t17-,20+/m0/s1. The highest BCUT2D eigenvalue weighted by Gasteiger charge is 2.41. The highest BCUT2D eigenvalue weighted by molar-refractivity contribution is 5.31. The van der Waals surface area contributed by atoms with Crippen LogP contribution in [0, 0.1) is 0 Å². The maximum atomic E-state index is 11.3. The van der Waals surface area contributed by atoms with E-state index < -0.39 is 5.60 Å². The summed E-state index contributed by atoms with van der Waals surface area (Å²) >= 11 is 0. The van der Waals surface area contributed by atoms with Crippen molar-refractivity contribution >= 4 is 0 Å². The van der Waals surface area contributed by atoms with E-state index in [1.54, 1.807) is 7.11 Å². The van der Waals surface area contributed by atoms with Crippen molar-refractivity contribution in [1.29, 1.82) is 0 Å². The van der Waals surface area contributed by atoms with E-state index in [-0.39, 0.29) is 6.04 Å². The van der Waals surface area contributed by atoms with Crippen LogP contribution in [0.25, 0.3) is 0 Å². The van der Waals surface area contributed by atoms with E-state index in [9.17, 15) is 5.11 Å². The molecular formula is C20H28N4O2. The fourth-order valence-electron chi connectivity index (χ4n) is 4.16. The molecule has 6 heteroatoms. The molecule has 1 saturated carbocycles. The number of nitrogens with zero attached hydrogens (tertiary/aromatic N) is 4. The van der Waals surface area contributed by atoms with Crippen molar-refractivity contribution in [1.82, 2.24) is 19.7 Å². The Labute approximate surface area is 154 Å². The minimum absolute atomic E-state index is 0.0666. The molecule has 140 valence electrons. The van der Waals surface area contributed by atoms with E-state index in [4.69, 9.17) is 4.74 Å². The fourth-order valence-corrected chi connectivity index (χ4v) is 4.16. The number of hydrogen-bond acceptors (Lipinski definition) is 5. The summed E-state index contributed by atoms with van der Waals surface area (Å²) in [4.78, 5) is 2.35. The first-order valence-corrected chi connectivity index (χ1v) is 9.50. The largest absolute Gasteiger partial charge is 0.497 e. The molecule has 6 nitrogen and oxygen atoms in total. The van der Waals surface area contributed by atoms with Crippen LogP contribution in [-0.2, 0) is 19.2 Å². The highest BCUT2D eigenvalue weighted by atomic mass is 16.5. The van der Waals surface area contributed by atoms with Gasteiger partial charge < -0.3 is 14.4 Å². The van der Waals surface area contributed by atoms with Gasteiger partial charge in [0.05, 0.1) is 13.7 Å². The summed E-state index contributed by atoms with van der Waals surface area (Å²) in [6.45, 7) is 3.62. The van der Waals surface area contributed by atoms with Crippen LogP contribution in [0.5, 0.6) is 5.75 Å². The van der Waals surface area contributed by atoms with E-state index in [0.29, 0.717) is 5.92 Å². The number of aromatic nitrogens is 3. The van der Waals surface area contributed by atoms with Gasteiger partial charge >= 0.3 is 0 Å². The van der Waals surface area contributed by atoms with Crippen LogP contribution in [-0.4, -0.2) is 44.5 Å². The second-order valence-corrected chi connectivity index (χ2v) is 7.81. The molecule has 1 saturated heterocycles. The Morgan fingerprint density at radius 2 is 1.92 bits per heavy atom. The van der Waals surface area contributed by atoms with Gasteiger partial charge in [-0.05, 0) is 56.8 Å². The minimum Gasteiger partial charge on any atom is -0.497 e. The number of aliphatic hydroxyl groups is 1. The summed E-state index contributed by atoms with van der Waals surface area (Å²) in [5.41, 5.74) is 0.00701. The predicted octanol–water partition coefficient (Wildman–Crippen LogP) is 2.57. The molecule has 2 aromatic rings. The molecule has 1 aliphatic carbocycles. The zero-order valence-electron chi connectivity index (χ0n) is 15.9. The summed E-state index contributed by atoms with van der Waals surface area (Å²) in [5, 5.41) is 20.2. The third-order valence-electron chi connectivity index (χ3n) is 5.97. The molecule has 2 heterocycles. The summed E-state index contributed by atoms with van der Waals surface area (Å²) in [6, 6.07) is 7.81. The number of hydrogen-bond donors (Lipinski definition) is 1. The topological polar surface area (TPSA) is 63.4 Å². The lowest BCUT2D eigenvalue weighted by Crippen LogP contribution is -2.45. The van der Waals surface area contributed by atoms with Gasteiger partial charge in [0.25, 0.3) is 0 Å². The number of methoxy groups -OCH3 is 1. The van der Waals surface area contributed by atoms with Crippen LogP contribution >= 0.6 is 0 Å². The Bertz CT molecular complexity index is 765. The van der Waals surface area contributed by atoms with Crippen molar-refractivity contribution in [2.24, 2.45) is 7.05 Å². The lowest BCUT2D eigenvalue weighted by Gasteiger charge is -2.36. The van der Waals surface area contributed by atoms with Crippen molar-refractivity contribution in [3.63, 3.8) is 0 Å². The molecule has 1 aromatic heterocycles. The van der Waals surface area contributed by atoms with E-state index in [0.717, 1.165) is 48.9 Å². The third kappa shape index (κ3) is 3.12. The molecule has 0 bridgehead atoms. The van der Waals surface area contributed by atoms with Gasteiger partial charge in [0.1, 0.15) is 23.0 Å². The van der Waals surface area contributed by atoms with Gasteiger partial charge in [-0.25, -0.2) is 0 Å². The first kappa shape index (κ1) is 17.5. The quantitative estimate of drug-likeness (QED) is 0.862. The number of rotatable bonds is 6. The van der Waals surface area contributed by atoms with Gasteiger partial charge in [-0.15, -0.1) is 10.2 Å². The Morgan fingerprint density at radius 3 is 2.58 bits per heavy atom. The fraction of sp³-hybridized carbons (Fsp3) is 0.600. The smallest absolute Gasteiger partial charge is 0.146 e. The van der Waals surface area contributed by atoms with E-state index in [1.165, 1.54) is 12.8 Å². The monoisotopic (exact) mass is 356 g/mol. The molecule has 0 radical (unpaired) electrons. The van der Waals surface area contributed by atoms with Crippen LogP contribution in [0.4, 0.5) is 0 Å². The van der Waals surface area contributed by atoms with E-state index >= 15 is 0 Å². The molecule has 2 atom stereocenters. The molecule has 26 heavy (non-hydrogen) atoms. The van der Waals surface area contributed by atoms with Crippen LogP contribution < -0.4 is 4.74 Å². The van der Waals surface area contributed by atoms with Crippen LogP contribution in [0.15, 0.2) is 24.3 Å². The number of benzene rings is 1. The molecule has 0 spiro atoms. The Hall–Kier alpha value is -1.92. The van der Waals surface area contributed by atoms with E-state index in [2.05, 4.69) is 26.7 Å². The van der Waals surface area contributed by atoms with Crippen molar-refractivity contribution in [3.05, 3.63) is 41.5 Å². The number of ether oxygens (including phenoxy) is 1. The van der Waals surface area contributed by atoms with Gasteiger partial charge in [0.15, 0.2) is 0 Å². The Kier molecular flexibility index (Phi) is 4.49. The molecule has 1 aromatic carbocycles. The average molecular weight is 356 g/mol. The summed E-state index contributed by atoms with van der Waals surface area (Å²) in [6.07, 6.45) is 4.52. The SMILES string of the molecule is COc1ccc([C@@](C)(O)[C@@H]2CCCN2Cc2nnc(C3CC3)n2C)cc1. The normalized spacial score (nSPS) is 23.2. The Balaban J connectivity index is 1.53. The van der Waals surface area contributed by atoms with Crippen molar-refractivity contribution in [2.75, 3.05) is 13.7 Å². The molecule has 2 aliphatic rings. The minimum atomic E-state index is -0.916. The van der Waals surface area contributed by atoms with Gasteiger partial charge in [-0.1, -0.05) is 12.1 Å². The first-order chi connectivity index (χ1) is 12.5. The van der Waals surface area contributed by atoms with Gasteiger partial charge in [-0.3, -0.25) is 4.90 Å².